The van der Waals surface area contributed by atoms with Crippen LogP contribution in [0.25, 0.3) is 10.9 Å². The van der Waals surface area contributed by atoms with Crippen LogP contribution in [-0.2, 0) is 11.3 Å². The molecule has 1 amide bonds. The molecule has 3 rings (SSSR count). The Hall–Kier alpha value is -3.49. The molecule has 30 heavy (non-hydrogen) atoms. The maximum atomic E-state index is 12.5. The molecule has 1 N–H and O–H groups in total. The molecule has 0 spiro atoms. The van der Waals surface area contributed by atoms with Crippen molar-refractivity contribution in [1.29, 1.82) is 0 Å². The Labute approximate surface area is 174 Å². The van der Waals surface area contributed by atoms with E-state index in [1.165, 1.54) is 4.68 Å². The highest BCUT2D eigenvalue weighted by molar-refractivity contribution is 5.94. The van der Waals surface area contributed by atoms with Crippen LogP contribution in [0.1, 0.15) is 30.8 Å². The van der Waals surface area contributed by atoms with Crippen molar-refractivity contribution < 1.29 is 9.72 Å². The van der Waals surface area contributed by atoms with Gasteiger partial charge in [0.15, 0.2) is 0 Å². The van der Waals surface area contributed by atoms with E-state index in [-0.39, 0.29) is 18.1 Å². The van der Waals surface area contributed by atoms with Crippen molar-refractivity contribution in [2.75, 3.05) is 23.3 Å². The molecular weight excluding hydrogens is 384 g/mol. The number of hydrogen-bond donors (Lipinski definition) is 1. The number of nitro groups is 1. The summed E-state index contributed by atoms with van der Waals surface area (Å²) in [5, 5.41) is 19.1. The standard InChI is InChI=1S/C21H26N6O3/c1-6-25(7-2)19-10-13(3)17-11-16(8-9-18(17)23-19)22-20(28)12-26-15(5)21(27(29)30)14(4)24-26/h8-11H,6-7,12H2,1-5H3,(H,22,28). The van der Waals surface area contributed by atoms with Gasteiger partial charge in [-0.2, -0.15) is 5.10 Å². The Morgan fingerprint density at radius 1 is 1.20 bits per heavy atom. The number of anilines is 2. The van der Waals surface area contributed by atoms with Gasteiger partial charge >= 0.3 is 5.69 Å². The number of carbonyl (C=O) groups excluding carboxylic acids is 1. The number of rotatable bonds is 7. The summed E-state index contributed by atoms with van der Waals surface area (Å²) in [5.41, 5.74) is 3.18. The molecular formula is C21H26N6O3. The fourth-order valence-electron chi connectivity index (χ4n) is 3.61. The zero-order valence-corrected chi connectivity index (χ0v) is 17.9. The van der Waals surface area contributed by atoms with Crippen LogP contribution in [0.2, 0.25) is 0 Å². The number of benzene rings is 1. The number of pyridine rings is 1. The Bertz CT molecular complexity index is 1120. The van der Waals surface area contributed by atoms with Gasteiger partial charge in [-0.15, -0.1) is 0 Å². The van der Waals surface area contributed by atoms with E-state index in [0.29, 0.717) is 17.1 Å². The van der Waals surface area contributed by atoms with E-state index in [0.717, 1.165) is 35.4 Å². The van der Waals surface area contributed by atoms with Gasteiger partial charge in [0.05, 0.1) is 10.4 Å². The minimum absolute atomic E-state index is 0.0563. The molecule has 0 radical (unpaired) electrons. The molecule has 1 aromatic carbocycles. The van der Waals surface area contributed by atoms with E-state index in [1.54, 1.807) is 13.8 Å². The molecule has 9 nitrogen and oxygen atoms in total. The molecule has 0 atom stereocenters. The van der Waals surface area contributed by atoms with Crippen LogP contribution in [0.15, 0.2) is 24.3 Å². The van der Waals surface area contributed by atoms with Crippen LogP contribution in [0.3, 0.4) is 0 Å². The third-order valence-electron chi connectivity index (χ3n) is 5.19. The number of amides is 1. The lowest BCUT2D eigenvalue weighted by Crippen LogP contribution is -2.23. The molecule has 0 fully saturated rings. The first-order chi connectivity index (χ1) is 14.2. The molecule has 0 bridgehead atoms. The average molecular weight is 410 g/mol. The fourth-order valence-corrected chi connectivity index (χ4v) is 3.61. The van der Waals surface area contributed by atoms with Crippen molar-refractivity contribution in [1.82, 2.24) is 14.8 Å². The normalized spacial score (nSPS) is 11.0. The van der Waals surface area contributed by atoms with Gasteiger partial charge in [-0.3, -0.25) is 19.6 Å². The predicted molar refractivity (Wildman–Crippen MR) is 117 cm³/mol. The molecule has 0 aliphatic carbocycles. The largest absolute Gasteiger partial charge is 0.357 e. The molecule has 3 aromatic rings. The van der Waals surface area contributed by atoms with E-state index < -0.39 is 4.92 Å². The number of carbonyl (C=O) groups is 1. The van der Waals surface area contributed by atoms with Crippen molar-refractivity contribution in [3.05, 3.63) is 51.3 Å². The SMILES string of the molecule is CCN(CC)c1cc(C)c2cc(NC(=O)Cn3nc(C)c([N+](=O)[O-])c3C)ccc2n1. The first kappa shape index (κ1) is 21.2. The second kappa shape index (κ2) is 8.48. The van der Waals surface area contributed by atoms with Crippen LogP contribution < -0.4 is 10.2 Å². The summed E-state index contributed by atoms with van der Waals surface area (Å²) in [7, 11) is 0. The summed E-state index contributed by atoms with van der Waals surface area (Å²) in [6, 6.07) is 7.64. The highest BCUT2D eigenvalue weighted by Crippen LogP contribution is 2.26. The summed E-state index contributed by atoms with van der Waals surface area (Å²) in [5.74, 6) is 0.633. The summed E-state index contributed by atoms with van der Waals surface area (Å²) in [6.07, 6.45) is 0. The Morgan fingerprint density at radius 2 is 1.90 bits per heavy atom. The number of aromatic nitrogens is 3. The number of nitrogens with zero attached hydrogens (tertiary/aromatic N) is 5. The minimum Gasteiger partial charge on any atom is -0.357 e. The van der Waals surface area contributed by atoms with Crippen LogP contribution in [0.4, 0.5) is 17.2 Å². The van der Waals surface area contributed by atoms with Gasteiger partial charge in [0, 0.05) is 24.2 Å². The Kier molecular flexibility index (Phi) is 6.00. The summed E-state index contributed by atoms with van der Waals surface area (Å²) >= 11 is 0. The topological polar surface area (TPSA) is 106 Å². The van der Waals surface area contributed by atoms with E-state index in [2.05, 4.69) is 35.2 Å². The molecule has 0 unspecified atom stereocenters. The van der Waals surface area contributed by atoms with Gasteiger partial charge in [0.25, 0.3) is 0 Å². The van der Waals surface area contributed by atoms with Crippen molar-refractivity contribution in [2.24, 2.45) is 0 Å². The summed E-state index contributed by atoms with van der Waals surface area (Å²) in [6.45, 7) is 11.0. The second-order valence-electron chi connectivity index (χ2n) is 7.18. The van der Waals surface area contributed by atoms with Gasteiger partial charge in [-0.1, -0.05) is 0 Å². The quantitative estimate of drug-likeness (QED) is 0.470. The zero-order valence-electron chi connectivity index (χ0n) is 17.9. The lowest BCUT2D eigenvalue weighted by molar-refractivity contribution is -0.386. The number of fused-ring (bicyclic) bond motifs is 1. The Morgan fingerprint density at radius 3 is 2.50 bits per heavy atom. The molecule has 0 saturated heterocycles. The van der Waals surface area contributed by atoms with Crippen LogP contribution in [0.5, 0.6) is 0 Å². The first-order valence-electron chi connectivity index (χ1n) is 9.89. The lowest BCUT2D eigenvalue weighted by atomic mass is 10.1. The molecule has 158 valence electrons. The highest BCUT2D eigenvalue weighted by atomic mass is 16.6. The molecule has 2 heterocycles. The lowest BCUT2D eigenvalue weighted by Gasteiger charge is -2.21. The Balaban J connectivity index is 1.82. The maximum Gasteiger partial charge on any atom is 0.312 e. The van der Waals surface area contributed by atoms with E-state index in [4.69, 9.17) is 4.98 Å². The van der Waals surface area contributed by atoms with Crippen molar-refractivity contribution in [3.8, 4) is 0 Å². The number of hydrogen-bond acceptors (Lipinski definition) is 6. The predicted octanol–water partition coefficient (Wildman–Crippen LogP) is 3.75. The smallest absolute Gasteiger partial charge is 0.312 e. The summed E-state index contributed by atoms with van der Waals surface area (Å²) < 4.78 is 1.35. The van der Waals surface area contributed by atoms with Gasteiger partial charge in [-0.25, -0.2) is 4.98 Å². The van der Waals surface area contributed by atoms with Gasteiger partial charge < -0.3 is 10.2 Å². The molecule has 2 aromatic heterocycles. The fraction of sp³-hybridized carbons (Fsp3) is 0.381. The highest BCUT2D eigenvalue weighted by Gasteiger charge is 2.22. The number of aryl methyl sites for hydroxylation is 2. The average Bonchev–Trinajstić information content (AvgIpc) is 2.96. The molecule has 0 aliphatic heterocycles. The van der Waals surface area contributed by atoms with Crippen LogP contribution in [-0.4, -0.2) is 38.7 Å². The summed E-state index contributed by atoms with van der Waals surface area (Å²) in [4.78, 5) is 30.1. The van der Waals surface area contributed by atoms with Crippen LogP contribution >= 0.6 is 0 Å². The van der Waals surface area contributed by atoms with E-state index in [9.17, 15) is 14.9 Å². The van der Waals surface area contributed by atoms with Crippen molar-refractivity contribution >= 4 is 34.0 Å². The third kappa shape index (κ3) is 4.10. The number of nitrogens with one attached hydrogen (secondary N) is 1. The molecule has 9 heteroatoms. The molecule has 0 aliphatic rings. The van der Waals surface area contributed by atoms with Gasteiger partial charge in [0.1, 0.15) is 23.8 Å². The minimum atomic E-state index is -0.475. The first-order valence-corrected chi connectivity index (χ1v) is 9.89. The van der Waals surface area contributed by atoms with Crippen molar-refractivity contribution in [2.45, 2.75) is 41.2 Å². The van der Waals surface area contributed by atoms with Gasteiger partial charge in [0.2, 0.25) is 5.91 Å². The van der Waals surface area contributed by atoms with Gasteiger partial charge in [-0.05, 0) is 64.4 Å². The van der Waals surface area contributed by atoms with E-state index in [1.807, 2.05) is 25.1 Å². The van der Waals surface area contributed by atoms with Crippen LogP contribution in [0, 0.1) is 30.9 Å². The molecule has 0 saturated carbocycles. The second-order valence-corrected chi connectivity index (χ2v) is 7.18. The van der Waals surface area contributed by atoms with E-state index >= 15 is 0 Å². The third-order valence-corrected chi connectivity index (χ3v) is 5.19. The monoisotopic (exact) mass is 410 g/mol. The maximum absolute atomic E-state index is 12.5. The zero-order chi connectivity index (χ0) is 22.0. The van der Waals surface area contributed by atoms with Crippen molar-refractivity contribution in [3.63, 3.8) is 0 Å².